The lowest BCUT2D eigenvalue weighted by molar-refractivity contribution is -0.151. The maximum Gasteiger partial charge on any atom is 0.348 e. The van der Waals surface area contributed by atoms with Gasteiger partial charge in [-0.1, -0.05) is 38.3 Å². The summed E-state index contributed by atoms with van der Waals surface area (Å²) in [6, 6.07) is 11.7. The predicted molar refractivity (Wildman–Crippen MR) is 155 cm³/mol. The zero-order valence-corrected chi connectivity index (χ0v) is 24.7. The van der Waals surface area contributed by atoms with Crippen molar-refractivity contribution in [3.63, 3.8) is 0 Å². The highest BCUT2D eigenvalue weighted by molar-refractivity contribution is 7.13. The number of aliphatic hydroxyl groups excluding tert-OH is 2. The molecule has 1 amide bonds. The minimum Gasteiger partial charge on any atom is -0.459 e. The fourth-order valence-corrected chi connectivity index (χ4v) is 6.49. The molecule has 4 rings (SSSR count). The summed E-state index contributed by atoms with van der Waals surface area (Å²) in [6.07, 6.45) is 6.49. The first-order valence-corrected chi connectivity index (χ1v) is 15.3. The second-order valence-electron chi connectivity index (χ2n) is 11.2. The summed E-state index contributed by atoms with van der Waals surface area (Å²) in [5, 5.41) is 20.0. The van der Waals surface area contributed by atoms with E-state index in [9.17, 15) is 19.8 Å². The summed E-state index contributed by atoms with van der Waals surface area (Å²) >= 11 is 1.42. The minimum absolute atomic E-state index is 0.0189. The molecule has 2 N–H and O–H groups in total. The Labute approximate surface area is 241 Å². The van der Waals surface area contributed by atoms with Crippen molar-refractivity contribution in [1.29, 1.82) is 0 Å². The van der Waals surface area contributed by atoms with Gasteiger partial charge in [0.05, 0.1) is 12.7 Å². The largest absolute Gasteiger partial charge is 0.459 e. The Morgan fingerprint density at radius 3 is 2.60 bits per heavy atom. The highest BCUT2D eigenvalue weighted by Gasteiger charge is 2.41. The predicted octanol–water partition coefficient (Wildman–Crippen LogP) is 5.55. The van der Waals surface area contributed by atoms with Gasteiger partial charge in [-0.2, -0.15) is 0 Å². The minimum atomic E-state index is -0.820. The molecule has 3 heterocycles. The van der Waals surface area contributed by atoms with Crippen LogP contribution in [0.1, 0.15) is 98.4 Å². The van der Waals surface area contributed by atoms with Gasteiger partial charge in [0.1, 0.15) is 23.7 Å². The molecule has 1 aromatic heterocycles. The van der Waals surface area contributed by atoms with Gasteiger partial charge in [-0.3, -0.25) is 4.79 Å². The van der Waals surface area contributed by atoms with Crippen molar-refractivity contribution in [1.82, 2.24) is 0 Å². The van der Waals surface area contributed by atoms with Crippen molar-refractivity contribution in [3.8, 4) is 0 Å². The molecule has 1 unspecified atom stereocenters. The van der Waals surface area contributed by atoms with Crippen molar-refractivity contribution in [2.24, 2.45) is 0 Å². The van der Waals surface area contributed by atoms with Gasteiger partial charge in [0.25, 0.3) is 0 Å². The number of aliphatic hydroxyl groups is 2. The fraction of sp³-hybridized carbons (Fsp3) is 0.613. The van der Waals surface area contributed by atoms with Crippen molar-refractivity contribution in [2.45, 2.75) is 109 Å². The summed E-state index contributed by atoms with van der Waals surface area (Å²) in [5.41, 5.74) is 1.79. The Bertz CT molecular complexity index is 1120. The Hall–Kier alpha value is -2.30. The van der Waals surface area contributed by atoms with Gasteiger partial charge in [-0.05, 0) is 75.8 Å². The van der Waals surface area contributed by atoms with E-state index in [2.05, 4.69) is 6.92 Å². The third kappa shape index (κ3) is 7.91. The number of hydrogen-bond acceptors (Lipinski definition) is 8. The molecular weight excluding hydrogens is 530 g/mol. The molecule has 2 aliphatic rings. The van der Waals surface area contributed by atoms with Crippen LogP contribution in [0.4, 0.5) is 5.69 Å². The average molecular weight is 574 g/mol. The molecule has 2 aromatic rings. The molecule has 0 bridgehead atoms. The first-order valence-electron chi connectivity index (χ1n) is 14.5. The molecular formula is C31H43NO7S. The third-order valence-corrected chi connectivity index (χ3v) is 8.75. The summed E-state index contributed by atoms with van der Waals surface area (Å²) in [4.78, 5) is 28.9. The molecule has 0 aliphatic carbocycles. The van der Waals surface area contributed by atoms with Gasteiger partial charge in [-0.25, -0.2) is 4.79 Å². The number of benzene rings is 1. The SMILES string of the molecule is CCCCC[C@H](O)c1ccc(N2C(=O)CCC2CCCc2ccc(C(=O)OC[C@@H]3OC(C)(C)O[C@H]3CO)s2)cc1. The third-order valence-electron chi connectivity index (χ3n) is 7.63. The highest BCUT2D eigenvalue weighted by atomic mass is 32.1. The Kier molecular flexibility index (Phi) is 10.8. The summed E-state index contributed by atoms with van der Waals surface area (Å²) in [7, 11) is 0. The highest BCUT2D eigenvalue weighted by Crippen LogP contribution is 2.32. The van der Waals surface area contributed by atoms with E-state index < -0.39 is 30.1 Å². The maximum absolute atomic E-state index is 12.7. The van der Waals surface area contributed by atoms with Crippen molar-refractivity contribution >= 4 is 28.9 Å². The standard InChI is InChI=1S/C31H43NO7S/c1-4-5-6-10-25(34)21-11-13-23(14-12-21)32-22(15-18-29(32)35)8-7-9-24-16-17-28(40-24)30(36)37-20-27-26(19-33)38-31(2,3)39-27/h11-14,16-17,22,25-27,33-34H,4-10,15,18-20H2,1-3H3/t22?,25-,26-,27-/m0/s1. The van der Waals surface area contributed by atoms with Gasteiger partial charge in [0.2, 0.25) is 5.91 Å². The van der Waals surface area contributed by atoms with Gasteiger partial charge < -0.3 is 29.3 Å². The van der Waals surface area contributed by atoms with Crippen LogP contribution < -0.4 is 4.90 Å². The normalized spacial score (nSPS) is 23.1. The Balaban J connectivity index is 1.25. The van der Waals surface area contributed by atoms with Crippen molar-refractivity contribution in [3.05, 3.63) is 51.7 Å². The van der Waals surface area contributed by atoms with Crippen LogP contribution >= 0.6 is 11.3 Å². The van der Waals surface area contributed by atoms with E-state index in [-0.39, 0.29) is 25.2 Å². The van der Waals surface area contributed by atoms with Gasteiger partial charge in [0, 0.05) is 23.0 Å². The van der Waals surface area contributed by atoms with Crippen LogP contribution in [-0.2, 0) is 25.4 Å². The van der Waals surface area contributed by atoms with Crippen LogP contribution in [0.3, 0.4) is 0 Å². The number of anilines is 1. The van der Waals surface area contributed by atoms with Crippen molar-refractivity contribution in [2.75, 3.05) is 18.1 Å². The zero-order chi connectivity index (χ0) is 28.7. The van der Waals surface area contributed by atoms with E-state index in [1.54, 1.807) is 19.9 Å². The van der Waals surface area contributed by atoms with Crippen LogP contribution in [0.5, 0.6) is 0 Å². The first-order chi connectivity index (χ1) is 19.2. The van der Waals surface area contributed by atoms with Crippen LogP contribution in [0.25, 0.3) is 0 Å². The Morgan fingerprint density at radius 1 is 1.12 bits per heavy atom. The molecule has 0 spiro atoms. The number of esters is 1. The molecule has 2 fully saturated rings. The number of unbranched alkanes of at least 4 members (excludes halogenated alkanes) is 2. The molecule has 9 heteroatoms. The van der Waals surface area contributed by atoms with E-state index in [1.807, 2.05) is 35.2 Å². The van der Waals surface area contributed by atoms with Crippen molar-refractivity contribution < 1.29 is 34.0 Å². The molecule has 0 saturated carbocycles. The average Bonchev–Trinajstić information content (AvgIpc) is 3.64. The number of amides is 1. The van der Waals surface area contributed by atoms with Crippen LogP contribution in [0.15, 0.2) is 36.4 Å². The molecule has 220 valence electrons. The lowest BCUT2D eigenvalue weighted by atomic mass is 10.0. The molecule has 2 aliphatic heterocycles. The number of aryl methyl sites for hydroxylation is 1. The number of rotatable bonds is 14. The maximum atomic E-state index is 12.7. The van der Waals surface area contributed by atoms with E-state index in [1.165, 1.54) is 11.3 Å². The van der Waals surface area contributed by atoms with Gasteiger partial charge >= 0.3 is 5.97 Å². The van der Waals surface area contributed by atoms with E-state index in [4.69, 9.17) is 14.2 Å². The quantitative estimate of drug-likeness (QED) is 0.226. The van der Waals surface area contributed by atoms with E-state index in [0.717, 1.165) is 67.5 Å². The fourth-order valence-electron chi connectivity index (χ4n) is 5.55. The van der Waals surface area contributed by atoms with Crippen LogP contribution in [0, 0.1) is 0 Å². The number of thiophene rings is 1. The molecule has 4 atom stereocenters. The smallest absolute Gasteiger partial charge is 0.348 e. The number of nitrogens with zero attached hydrogens (tertiary/aromatic N) is 1. The molecule has 2 saturated heterocycles. The first kappa shape index (κ1) is 30.7. The van der Waals surface area contributed by atoms with Crippen LogP contribution in [-0.4, -0.2) is 59.3 Å². The number of carbonyl (C=O) groups excluding carboxylic acids is 2. The summed E-state index contributed by atoms with van der Waals surface area (Å²) < 4.78 is 16.8. The Morgan fingerprint density at radius 2 is 1.88 bits per heavy atom. The summed E-state index contributed by atoms with van der Waals surface area (Å²) in [5.74, 6) is -1.08. The van der Waals surface area contributed by atoms with Crippen LogP contribution in [0.2, 0.25) is 0 Å². The number of hydrogen-bond donors (Lipinski definition) is 2. The summed E-state index contributed by atoms with van der Waals surface area (Å²) in [6.45, 7) is 5.50. The zero-order valence-electron chi connectivity index (χ0n) is 23.8. The lowest BCUT2D eigenvalue weighted by Crippen LogP contribution is -2.32. The lowest BCUT2D eigenvalue weighted by Gasteiger charge is -2.25. The second-order valence-corrected chi connectivity index (χ2v) is 12.4. The molecule has 0 radical (unpaired) electrons. The van der Waals surface area contributed by atoms with Gasteiger partial charge in [0.15, 0.2) is 5.79 Å². The molecule has 8 nitrogen and oxygen atoms in total. The second kappa shape index (κ2) is 14.0. The molecule has 1 aromatic carbocycles. The molecule has 40 heavy (non-hydrogen) atoms. The van der Waals surface area contributed by atoms with Gasteiger partial charge in [-0.15, -0.1) is 11.3 Å². The number of ether oxygens (including phenoxy) is 3. The topological polar surface area (TPSA) is 106 Å². The van der Waals surface area contributed by atoms with E-state index in [0.29, 0.717) is 11.3 Å². The monoisotopic (exact) mass is 573 g/mol. The van der Waals surface area contributed by atoms with E-state index >= 15 is 0 Å². The number of carbonyl (C=O) groups is 2.